The zero-order valence-corrected chi connectivity index (χ0v) is 20.2. The van der Waals surface area contributed by atoms with Crippen LogP contribution < -0.4 is 28.4 Å². The van der Waals surface area contributed by atoms with Crippen LogP contribution >= 0.6 is 0 Å². The van der Waals surface area contributed by atoms with E-state index in [-0.39, 0.29) is 0 Å². The fourth-order valence-electron chi connectivity index (χ4n) is 4.08. The predicted octanol–water partition coefficient (Wildman–Crippen LogP) is 4.80. The lowest BCUT2D eigenvalue weighted by Crippen LogP contribution is -2.05. The third kappa shape index (κ3) is 4.03. The number of nitrogens with zero attached hydrogens (tertiary/aromatic N) is 2. The van der Waals surface area contributed by atoms with Crippen molar-refractivity contribution in [3.05, 3.63) is 54.1 Å². The van der Waals surface area contributed by atoms with Crippen molar-refractivity contribution < 1.29 is 28.4 Å². The lowest BCUT2D eigenvalue weighted by atomic mass is 10.1. The molecule has 0 atom stereocenters. The molecule has 4 aromatic rings. The topological polar surface area (TPSA) is 73.2 Å². The molecule has 0 amide bonds. The lowest BCUT2D eigenvalue weighted by molar-refractivity contribution is 0.323. The van der Waals surface area contributed by atoms with Gasteiger partial charge in [0.15, 0.2) is 23.0 Å². The first-order chi connectivity index (χ1) is 16.6. The number of rotatable bonds is 9. The van der Waals surface area contributed by atoms with Crippen molar-refractivity contribution in [3.63, 3.8) is 0 Å². The maximum Gasteiger partial charge on any atom is 0.203 e. The van der Waals surface area contributed by atoms with E-state index in [1.807, 2.05) is 48.5 Å². The minimum atomic E-state index is 0.517. The molecule has 0 radical (unpaired) electrons. The molecule has 0 fully saturated rings. The van der Waals surface area contributed by atoms with Gasteiger partial charge in [-0.25, -0.2) is 4.98 Å². The van der Waals surface area contributed by atoms with E-state index in [0.29, 0.717) is 41.0 Å². The number of aromatic nitrogens is 2. The molecule has 0 aliphatic carbocycles. The van der Waals surface area contributed by atoms with Crippen molar-refractivity contribution in [2.75, 3.05) is 42.7 Å². The van der Waals surface area contributed by atoms with Crippen LogP contribution in [0, 0.1) is 0 Å². The van der Waals surface area contributed by atoms with Crippen LogP contribution in [-0.4, -0.2) is 52.2 Å². The van der Waals surface area contributed by atoms with Crippen LogP contribution in [0.25, 0.3) is 22.4 Å². The molecule has 34 heavy (non-hydrogen) atoms. The van der Waals surface area contributed by atoms with Crippen molar-refractivity contribution in [2.24, 2.45) is 0 Å². The van der Waals surface area contributed by atoms with Crippen molar-refractivity contribution in [1.29, 1.82) is 0 Å². The monoisotopic (exact) mass is 464 g/mol. The number of methoxy groups -OCH3 is 6. The van der Waals surface area contributed by atoms with Gasteiger partial charge in [-0.2, -0.15) is 0 Å². The van der Waals surface area contributed by atoms with Crippen molar-refractivity contribution in [1.82, 2.24) is 9.55 Å². The highest BCUT2D eigenvalue weighted by molar-refractivity contribution is 5.82. The summed E-state index contributed by atoms with van der Waals surface area (Å²) in [5.74, 6) is 4.14. The van der Waals surface area contributed by atoms with E-state index in [1.54, 1.807) is 42.7 Å². The number of imidazole rings is 1. The van der Waals surface area contributed by atoms with Gasteiger partial charge in [0.05, 0.1) is 53.7 Å². The first kappa shape index (κ1) is 23.1. The summed E-state index contributed by atoms with van der Waals surface area (Å²) in [5.41, 5.74) is 3.66. The maximum absolute atomic E-state index is 5.57. The minimum absolute atomic E-state index is 0.517. The minimum Gasteiger partial charge on any atom is -0.493 e. The van der Waals surface area contributed by atoms with Gasteiger partial charge in [0.25, 0.3) is 0 Å². The number of para-hydroxylation sites is 2. The fraction of sp³-hybridized carbons (Fsp3) is 0.269. The Morgan fingerprint density at radius 2 is 1.15 bits per heavy atom. The average Bonchev–Trinajstić information content (AvgIpc) is 3.25. The standard InChI is InChI=1S/C26H28N2O6/c1-29-20-11-16(12-21(30-2)24(20)33-5)15-28-19-10-8-7-9-18(19)27-26(28)17-13-22(31-3)25(34-6)23(14-17)32-4/h7-14H,15H2,1-6H3. The quantitative estimate of drug-likeness (QED) is 0.352. The molecule has 0 saturated carbocycles. The maximum atomic E-state index is 5.57. The van der Waals surface area contributed by atoms with Crippen molar-refractivity contribution in [2.45, 2.75) is 6.54 Å². The van der Waals surface area contributed by atoms with Crippen LogP contribution in [0.15, 0.2) is 48.5 Å². The van der Waals surface area contributed by atoms with Crippen molar-refractivity contribution >= 4 is 11.0 Å². The van der Waals surface area contributed by atoms with Gasteiger partial charge in [-0.05, 0) is 42.0 Å². The average molecular weight is 465 g/mol. The summed E-state index contributed by atoms with van der Waals surface area (Å²) in [7, 11) is 9.58. The van der Waals surface area contributed by atoms with Gasteiger partial charge in [0.1, 0.15) is 5.82 Å². The Kier molecular flexibility index (Phi) is 6.67. The van der Waals surface area contributed by atoms with E-state index in [0.717, 1.165) is 28.0 Å². The van der Waals surface area contributed by atoms with Gasteiger partial charge in [0, 0.05) is 12.1 Å². The van der Waals surface area contributed by atoms with E-state index in [9.17, 15) is 0 Å². The third-order valence-corrected chi connectivity index (χ3v) is 5.64. The first-order valence-corrected chi connectivity index (χ1v) is 10.6. The van der Waals surface area contributed by atoms with Crippen LogP contribution in [0.3, 0.4) is 0 Å². The third-order valence-electron chi connectivity index (χ3n) is 5.64. The Morgan fingerprint density at radius 1 is 0.647 bits per heavy atom. The van der Waals surface area contributed by atoms with E-state index in [4.69, 9.17) is 33.4 Å². The molecule has 178 valence electrons. The van der Waals surface area contributed by atoms with E-state index in [2.05, 4.69) is 4.57 Å². The molecule has 0 aliphatic rings. The van der Waals surface area contributed by atoms with Crippen molar-refractivity contribution in [3.8, 4) is 45.9 Å². The Bertz CT molecular complexity index is 1260. The second kappa shape index (κ2) is 9.82. The zero-order valence-electron chi connectivity index (χ0n) is 20.2. The molecule has 8 heteroatoms. The molecule has 1 heterocycles. The van der Waals surface area contributed by atoms with Gasteiger partial charge in [-0.15, -0.1) is 0 Å². The van der Waals surface area contributed by atoms with E-state index in [1.165, 1.54) is 0 Å². The lowest BCUT2D eigenvalue weighted by Gasteiger charge is -2.17. The molecule has 0 spiro atoms. The summed E-state index contributed by atoms with van der Waals surface area (Å²) in [6.07, 6.45) is 0. The largest absolute Gasteiger partial charge is 0.493 e. The second-order valence-corrected chi connectivity index (χ2v) is 7.46. The highest BCUT2D eigenvalue weighted by Gasteiger charge is 2.20. The highest BCUT2D eigenvalue weighted by atomic mass is 16.5. The molecular weight excluding hydrogens is 436 g/mol. The summed E-state index contributed by atoms with van der Waals surface area (Å²) < 4.78 is 35.3. The van der Waals surface area contributed by atoms with Gasteiger partial charge in [-0.1, -0.05) is 12.1 Å². The van der Waals surface area contributed by atoms with Crippen LogP contribution in [0.4, 0.5) is 0 Å². The summed E-state index contributed by atoms with van der Waals surface area (Å²) in [6.45, 7) is 0.517. The number of hydrogen-bond acceptors (Lipinski definition) is 7. The molecule has 3 aromatic carbocycles. The molecule has 8 nitrogen and oxygen atoms in total. The summed E-state index contributed by atoms with van der Waals surface area (Å²) >= 11 is 0. The van der Waals surface area contributed by atoms with Crippen LogP contribution in [0.1, 0.15) is 5.56 Å². The summed E-state index contributed by atoms with van der Waals surface area (Å²) in [6, 6.07) is 15.7. The molecule has 1 aromatic heterocycles. The molecule has 0 unspecified atom stereocenters. The summed E-state index contributed by atoms with van der Waals surface area (Å²) in [5, 5.41) is 0. The van der Waals surface area contributed by atoms with Crippen LogP contribution in [0.5, 0.6) is 34.5 Å². The molecule has 4 rings (SSSR count). The highest BCUT2D eigenvalue weighted by Crippen LogP contribution is 2.42. The van der Waals surface area contributed by atoms with E-state index < -0.39 is 0 Å². The van der Waals surface area contributed by atoms with Gasteiger partial charge < -0.3 is 33.0 Å². The SMILES string of the molecule is COc1cc(Cn2c(-c3cc(OC)c(OC)c(OC)c3)nc3ccccc32)cc(OC)c1OC. The normalized spacial score (nSPS) is 10.8. The van der Waals surface area contributed by atoms with Crippen LogP contribution in [0.2, 0.25) is 0 Å². The Balaban J connectivity index is 1.91. The number of hydrogen-bond donors (Lipinski definition) is 0. The molecule has 0 bridgehead atoms. The smallest absolute Gasteiger partial charge is 0.203 e. The Morgan fingerprint density at radius 3 is 1.65 bits per heavy atom. The zero-order chi connectivity index (χ0) is 24.2. The molecule has 0 aliphatic heterocycles. The van der Waals surface area contributed by atoms with Crippen LogP contribution in [-0.2, 0) is 6.54 Å². The molecule has 0 N–H and O–H groups in total. The number of ether oxygens (including phenoxy) is 6. The van der Waals surface area contributed by atoms with Gasteiger partial charge in [0.2, 0.25) is 11.5 Å². The van der Waals surface area contributed by atoms with E-state index >= 15 is 0 Å². The molecular formula is C26H28N2O6. The Labute approximate surface area is 198 Å². The molecule has 0 saturated heterocycles. The predicted molar refractivity (Wildman–Crippen MR) is 130 cm³/mol. The van der Waals surface area contributed by atoms with Gasteiger partial charge >= 0.3 is 0 Å². The second-order valence-electron chi connectivity index (χ2n) is 7.46. The number of benzene rings is 3. The first-order valence-electron chi connectivity index (χ1n) is 10.6. The van der Waals surface area contributed by atoms with Gasteiger partial charge in [-0.3, -0.25) is 0 Å². The number of fused-ring (bicyclic) bond motifs is 1. The fourth-order valence-corrected chi connectivity index (χ4v) is 4.08. The Hall–Kier alpha value is -4.07. The summed E-state index contributed by atoms with van der Waals surface area (Å²) in [4.78, 5) is 4.93.